The van der Waals surface area contributed by atoms with Gasteiger partial charge in [-0.2, -0.15) is 0 Å². The van der Waals surface area contributed by atoms with Crippen molar-refractivity contribution in [2.24, 2.45) is 5.92 Å². The summed E-state index contributed by atoms with van der Waals surface area (Å²) < 4.78 is 0. The highest BCUT2D eigenvalue weighted by Gasteiger charge is 2.16. The molecule has 0 saturated heterocycles. The van der Waals surface area contributed by atoms with E-state index >= 15 is 0 Å². The zero-order chi connectivity index (χ0) is 8.85. The Labute approximate surface area is 73.9 Å². The van der Waals surface area contributed by atoms with Crippen LogP contribution in [-0.4, -0.2) is 17.1 Å². The van der Waals surface area contributed by atoms with Gasteiger partial charge in [0.1, 0.15) is 0 Å². The van der Waals surface area contributed by atoms with Crippen molar-refractivity contribution in [1.82, 2.24) is 0 Å². The van der Waals surface area contributed by atoms with E-state index in [0.717, 1.165) is 0 Å². The summed E-state index contributed by atoms with van der Waals surface area (Å²) in [6.07, 6.45) is 1.05. The predicted molar refractivity (Wildman–Crippen MR) is 42.2 cm³/mol. The standard InChI is InChI=1S/C7H11BrO3/c1-2-3-5(7(10)11)6(9)4-8/h5H,2-4H2,1H3,(H,10,11)/p-1. The highest BCUT2D eigenvalue weighted by molar-refractivity contribution is 9.09. The average Bonchev–Trinajstić information content (AvgIpc) is 1.98. The number of halogens is 1. The van der Waals surface area contributed by atoms with Crippen LogP contribution >= 0.6 is 15.9 Å². The van der Waals surface area contributed by atoms with E-state index in [2.05, 4.69) is 15.9 Å². The fourth-order valence-electron chi connectivity index (χ4n) is 0.792. The minimum absolute atomic E-state index is 0.0889. The molecule has 0 radical (unpaired) electrons. The summed E-state index contributed by atoms with van der Waals surface area (Å²) in [5.74, 6) is -2.51. The van der Waals surface area contributed by atoms with E-state index in [1.165, 1.54) is 0 Å². The maximum atomic E-state index is 10.9. The van der Waals surface area contributed by atoms with E-state index in [1.54, 1.807) is 0 Å². The Morgan fingerprint density at radius 3 is 2.36 bits per heavy atom. The van der Waals surface area contributed by atoms with E-state index in [-0.39, 0.29) is 11.1 Å². The first kappa shape index (κ1) is 10.6. The molecule has 0 rings (SSSR count). The minimum Gasteiger partial charge on any atom is -0.549 e. The molecule has 0 aliphatic rings. The molecular weight excluding hydrogens is 212 g/mol. The molecule has 0 aromatic rings. The third kappa shape index (κ3) is 3.51. The van der Waals surface area contributed by atoms with E-state index in [4.69, 9.17) is 0 Å². The molecule has 3 nitrogen and oxygen atoms in total. The van der Waals surface area contributed by atoms with Crippen LogP contribution < -0.4 is 5.11 Å². The van der Waals surface area contributed by atoms with Crippen molar-refractivity contribution in [2.75, 3.05) is 5.33 Å². The van der Waals surface area contributed by atoms with Gasteiger partial charge in [-0.05, 0) is 6.42 Å². The highest BCUT2D eigenvalue weighted by Crippen LogP contribution is 2.07. The smallest absolute Gasteiger partial charge is 0.152 e. The monoisotopic (exact) mass is 221 g/mol. The number of hydrogen-bond acceptors (Lipinski definition) is 3. The normalized spacial score (nSPS) is 12.5. The fourth-order valence-corrected chi connectivity index (χ4v) is 1.18. The van der Waals surface area contributed by atoms with Crippen molar-refractivity contribution in [2.45, 2.75) is 19.8 Å². The topological polar surface area (TPSA) is 57.2 Å². The summed E-state index contributed by atoms with van der Waals surface area (Å²) in [7, 11) is 0. The number of rotatable bonds is 5. The molecule has 0 spiro atoms. The third-order valence-corrected chi connectivity index (χ3v) is 1.93. The van der Waals surface area contributed by atoms with Crippen LogP contribution in [-0.2, 0) is 9.59 Å². The Bertz CT molecular complexity index is 156. The van der Waals surface area contributed by atoms with Crippen molar-refractivity contribution in [3.63, 3.8) is 0 Å². The Morgan fingerprint density at radius 1 is 1.55 bits per heavy atom. The number of carbonyl (C=O) groups is 2. The van der Waals surface area contributed by atoms with Crippen LogP contribution in [0.3, 0.4) is 0 Å². The van der Waals surface area contributed by atoms with Crippen LogP contribution in [0, 0.1) is 5.92 Å². The maximum absolute atomic E-state index is 10.9. The molecule has 0 fully saturated rings. The van der Waals surface area contributed by atoms with Crippen molar-refractivity contribution in [3.05, 3.63) is 0 Å². The van der Waals surface area contributed by atoms with Crippen molar-refractivity contribution in [1.29, 1.82) is 0 Å². The second-order valence-corrected chi connectivity index (χ2v) is 2.82. The lowest BCUT2D eigenvalue weighted by Crippen LogP contribution is -2.36. The zero-order valence-corrected chi connectivity index (χ0v) is 7.89. The number of Topliss-reactive ketones (excluding diaryl/α,β-unsaturated/α-hetero) is 1. The van der Waals surface area contributed by atoms with E-state index in [9.17, 15) is 14.7 Å². The molecule has 0 heterocycles. The Kier molecular flexibility index (Phi) is 5.11. The molecule has 1 unspecified atom stereocenters. The van der Waals surface area contributed by atoms with Gasteiger partial charge in [-0.3, -0.25) is 4.79 Å². The van der Waals surface area contributed by atoms with Crippen molar-refractivity contribution in [3.8, 4) is 0 Å². The summed E-state index contributed by atoms with van der Waals surface area (Å²) in [4.78, 5) is 21.2. The minimum atomic E-state index is -1.27. The first-order valence-electron chi connectivity index (χ1n) is 3.43. The molecule has 4 heteroatoms. The van der Waals surface area contributed by atoms with Gasteiger partial charge in [-0.25, -0.2) is 0 Å². The van der Waals surface area contributed by atoms with Gasteiger partial charge in [-0.1, -0.05) is 29.3 Å². The van der Waals surface area contributed by atoms with Gasteiger partial charge in [0.25, 0.3) is 0 Å². The molecule has 0 N–H and O–H groups in total. The summed E-state index contributed by atoms with van der Waals surface area (Å²) in [6.45, 7) is 1.83. The second kappa shape index (κ2) is 5.29. The van der Waals surface area contributed by atoms with Gasteiger partial charge >= 0.3 is 0 Å². The van der Waals surface area contributed by atoms with Crippen LogP contribution in [0.5, 0.6) is 0 Å². The molecule has 0 aliphatic heterocycles. The molecule has 1 atom stereocenters. The van der Waals surface area contributed by atoms with Crippen LogP contribution in [0.4, 0.5) is 0 Å². The van der Waals surface area contributed by atoms with Crippen molar-refractivity contribution >= 4 is 27.7 Å². The number of carbonyl (C=O) groups excluding carboxylic acids is 2. The molecule has 0 aromatic heterocycles. The number of carboxylic acids is 1. The number of ketones is 1. The van der Waals surface area contributed by atoms with Gasteiger partial charge in [0.2, 0.25) is 0 Å². The number of hydrogen-bond donors (Lipinski definition) is 0. The number of alkyl halides is 1. The zero-order valence-electron chi connectivity index (χ0n) is 6.30. The summed E-state index contributed by atoms with van der Waals surface area (Å²) in [5.41, 5.74) is 0. The van der Waals surface area contributed by atoms with Gasteiger partial charge in [0.15, 0.2) is 5.78 Å². The lowest BCUT2D eigenvalue weighted by molar-refractivity contribution is -0.310. The Hall–Kier alpha value is -0.380. The molecule has 11 heavy (non-hydrogen) atoms. The van der Waals surface area contributed by atoms with Gasteiger partial charge < -0.3 is 9.90 Å². The first-order valence-corrected chi connectivity index (χ1v) is 4.55. The SMILES string of the molecule is CCCC(C(=O)[O-])C(=O)CBr. The first-order chi connectivity index (χ1) is 5.13. The quantitative estimate of drug-likeness (QED) is 0.490. The molecule has 64 valence electrons. The number of aliphatic carboxylic acids is 1. The van der Waals surface area contributed by atoms with Crippen LogP contribution in [0.15, 0.2) is 0 Å². The largest absolute Gasteiger partial charge is 0.549 e. The van der Waals surface area contributed by atoms with E-state index in [1.807, 2.05) is 6.92 Å². The third-order valence-electron chi connectivity index (χ3n) is 1.38. The van der Waals surface area contributed by atoms with Gasteiger partial charge in [-0.15, -0.1) is 0 Å². The lowest BCUT2D eigenvalue weighted by atomic mass is 10.0. The van der Waals surface area contributed by atoms with Gasteiger partial charge in [0.05, 0.1) is 17.2 Å². The molecule has 0 amide bonds. The van der Waals surface area contributed by atoms with E-state index in [0.29, 0.717) is 12.8 Å². The highest BCUT2D eigenvalue weighted by atomic mass is 79.9. The fraction of sp³-hybridized carbons (Fsp3) is 0.714. The molecule has 0 aliphatic carbocycles. The van der Waals surface area contributed by atoms with Crippen LogP contribution in [0.1, 0.15) is 19.8 Å². The maximum Gasteiger partial charge on any atom is 0.152 e. The lowest BCUT2D eigenvalue weighted by Gasteiger charge is -2.13. The predicted octanol–water partition coefficient (Wildman–Crippen LogP) is 0.117. The van der Waals surface area contributed by atoms with Crippen LogP contribution in [0.25, 0.3) is 0 Å². The molecule has 0 saturated carbocycles. The molecule has 0 bridgehead atoms. The second-order valence-electron chi connectivity index (χ2n) is 2.26. The summed E-state index contributed by atoms with van der Waals surface area (Å²) in [5, 5.41) is 10.4. The van der Waals surface area contributed by atoms with E-state index < -0.39 is 11.9 Å². The molecular formula is C7H10BrO3-. The molecule has 0 aromatic carbocycles. The Balaban J connectivity index is 4.09. The summed E-state index contributed by atoms with van der Waals surface area (Å²) >= 11 is 2.91. The summed E-state index contributed by atoms with van der Waals surface area (Å²) in [6, 6.07) is 0. The Morgan fingerprint density at radius 2 is 2.09 bits per heavy atom. The van der Waals surface area contributed by atoms with Crippen molar-refractivity contribution < 1.29 is 14.7 Å². The average molecular weight is 222 g/mol. The van der Waals surface area contributed by atoms with Gasteiger partial charge in [0, 0.05) is 0 Å². The number of carboxylic acid groups (broad SMARTS) is 1. The van der Waals surface area contributed by atoms with Crippen LogP contribution in [0.2, 0.25) is 0 Å².